The molecule has 0 aliphatic heterocycles. The number of hydrogen-bond acceptors (Lipinski definition) is 6. The number of aromatic nitrogens is 1. The van der Waals surface area contributed by atoms with Crippen LogP contribution < -0.4 is 4.31 Å². The van der Waals surface area contributed by atoms with Gasteiger partial charge in [0.05, 0.1) is 33.4 Å². The first kappa shape index (κ1) is 24.7. The molecule has 3 aromatic carbocycles. The van der Waals surface area contributed by atoms with E-state index in [0.717, 1.165) is 14.9 Å². The summed E-state index contributed by atoms with van der Waals surface area (Å²) in [5.41, 5.74) is 2.03. The van der Waals surface area contributed by atoms with Crippen molar-refractivity contribution in [2.45, 2.75) is 11.5 Å². The summed E-state index contributed by atoms with van der Waals surface area (Å²) in [6, 6.07) is 22.1. The van der Waals surface area contributed by atoms with Crippen LogP contribution in [0.1, 0.15) is 16.1 Å². The molecule has 0 atom stereocenters. The predicted molar refractivity (Wildman–Crippen MR) is 139 cm³/mol. The highest BCUT2D eigenvalue weighted by atomic mass is 35.5. The van der Waals surface area contributed by atoms with Gasteiger partial charge >= 0.3 is 5.97 Å². The van der Waals surface area contributed by atoms with Gasteiger partial charge in [0.25, 0.3) is 10.0 Å². The molecule has 1 heterocycles. The lowest BCUT2D eigenvalue weighted by Gasteiger charge is -2.24. The van der Waals surface area contributed by atoms with Crippen LogP contribution in [-0.2, 0) is 21.4 Å². The van der Waals surface area contributed by atoms with Crippen molar-refractivity contribution in [1.82, 2.24) is 4.98 Å². The van der Waals surface area contributed by atoms with E-state index < -0.39 is 16.0 Å². The quantitative estimate of drug-likeness (QED) is 0.192. The number of sulfonamides is 1. The third-order valence-corrected chi connectivity index (χ3v) is 8.03. The average Bonchev–Trinajstić information content (AvgIpc) is 3.36. The monoisotopic (exact) mass is 524 g/mol. The number of thiazole rings is 1. The van der Waals surface area contributed by atoms with E-state index in [1.54, 1.807) is 24.3 Å². The molecule has 0 saturated carbocycles. The number of nitrogens with zero attached hydrogens (tertiary/aromatic N) is 2. The maximum atomic E-state index is 13.4. The van der Waals surface area contributed by atoms with E-state index in [0.29, 0.717) is 11.4 Å². The van der Waals surface area contributed by atoms with Crippen molar-refractivity contribution in [3.63, 3.8) is 0 Å². The van der Waals surface area contributed by atoms with Crippen molar-refractivity contribution < 1.29 is 17.9 Å². The SMILES string of the molecule is C=CCN(c1ccccc1Cl)S(=O)(=O)c1cccc(C(=O)OCc2csc(-c3ccccc3)n2)c1. The Kier molecular flexibility index (Phi) is 7.65. The first-order chi connectivity index (χ1) is 16.9. The summed E-state index contributed by atoms with van der Waals surface area (Å²) in [5.74, 6) is -0.649. The Morgan fingerprint density at radius 2 is 1.80 bits per heavy atom. The van der Waals surface area contributed by atoms with Gasteiger partial charge < -0.3 is 4.74 Å². The zero-order valence-corrected chi connectivity index (χ0v) is 20.9. The molecule has 4 aromatic rings. The molecule has 9 heteroatoms. The van der Waals surface area contributed by atoms with Gasteiger partial charge in [-0.3, -0.25) is 4.31 Å². The number of rotatable bonds is 9. The van der Waals surface area contributed by atoms with Crippen LogP contribution in [0.15, 0.2) is 102 Å². The number of hydrogen-bond donors (Lipinski definition) is 0. The molecule has 0 unspecified atom stereocenters. The van der Waals surface area contributed by atoms with Crippen LogP contribution in [0.4, 0.5) is 5.69 Å². The molecule has 0 radical (unpaired) electrons. The highest BCUT2D eigenvalue weighted by Crippen LogP contribution is 2.30. The Hall–Kier alpha value is -3.46. The second kappa shape index (κ2) is 10.9. The molecule has 0 saturated heterocycles. The molecule has 0 bridgehead atoms. The fraction of sp³-hybridized carbons (Fsp3) is 0.0769. The van der Waals surface area contributed by atoms with Crippen molar-refractivity contribution in [2.24, 2.45) is 0 Å². The van der Waals surface area contributed by atoms with Gasteiger partial charge in [-0.05, 0) is 30.3 Å². The summed E-state index contributed by atoms with van der Waals surface area (Å²) >= 11 is 7.71. The fourth-order valence-electron chi connectivity index (χ4n) is 3.32. The highest BCUT2D eigenvalue weighted by Gasteiger charge is 2.26. The van der Waals surface area contributed by atoms with Crippen LogP contribution in [0, 0.1) is 0 Å². The Morgan fingerprint density at radius 1 is 1.06 bits per heavy atom. The minimum atomic E-state index is -4.03. The van der Waals surface area contributed by atoms with Gasteiger partial charge in [-0.25, -0.2) is 18.2 Å². The highest BCUT2D eigenvalue weighted by molar-refractivity contribution is 7.92. The van der Waals surface area contributed by atoms with E-state index in [9.17, 15) is 13.2 Å². The summed E-state index contributed by atoms with van der Waals surface area (Å²) in [6.07, 6.45) is 1.47. The number of benzene rings is 3. The predicted octanol–water partition coefficient (Wildman–Crippen LogP) is 6.20. The molecule has 1 aromatic heterocycles. The minimum absolute atomic E-state index is 0.00825. The van der Waals surface area contributed by atoms with Crippen LogP contribution in [-0.4, -0.2) is 25.9 Å². The van der Waals surface area contributed by atoms with Crippen LogP contribution in [0.3, 0.4) is 0 Å². The van der Waals surface area contributed by atoms with Gasteiger partial charge in [-0.1, -0.05) is 66.2 Å². The molecule has 0 aliphatic rings. The fourth-order valence-corrected chi connectivity index (χ4v) is 5.92. The third kappa shape index (κ3) is 5.62. The smallest absolute Gasteiger partial charge is 0.338 e. The van der Waals surface area contributed by atoms with Gasteiger partial charge in [0.2, 0.25) is 0 Å². The first-order valence-corrected chi connectivity index (χ1v) is 13.2. The first-order valence-electron chi connectivity index (χ1n) is 10.6. The van der Waals surface area contributed by atoms with Gasteiger partial charge in [-0.2, -0.15) is 0 Å². The van der Waals surface area contributed by atoms with Crippen molar-refractivity contribution in [3.05, 3.63) is 113 Å². The van der Waals surface area contributed by atoms with Crippen LogP contribution in [0.5, 0.6) is 0 Å². The van der Waals surface area contributed by atoms with Crippen LogP contribution in [0.25, 0.3) is 10.6 Å². The van der Waals surface area contributed by atoms with Gasteiger partial charge in [0.15, 0.2) is 0 Å². The number of halogens is 1. The number of ether oxygens (including phenoxy) is 1. The Labute approximate surface area is 213 Å². The van der Waals surface area contributed by atoms with Crippen LogP contribution in [0.2, 0.25) is 5.02 Å². The van der Waals surface area contributed by atoms with E-state index in [1.807, 2.05) is 35.7 Å². The lowest BCUT2D eigenvalue weighted by atomic mass is 10.2. The molecule has 0 N–H and O–H groups in total. The summed E-state index contributed by atoms with van der Waals surface area (Å²) in [7, 11) is -4.03. The zero-order chi connectivity index (χ0) is 24.8. The Balaban J connectivity index is 1.52. The number of para-hydroxylation sites is 1. The molecule has 178 valence electrons. The maximum Gasteiger partial charge on any atom is 0.338 e. The standard InChI is InChI=1S/C26H21ClN2O4S2/c1-2-15-29(24-14-7-6-13-23(24)27)35(31,32)22-12-8-11-20(16-22)26(30)33-17-21-18-34-25(28-21)19-9-4-3-5-10-19/h2-14,16,18H,1,15,17H2. The maximum absolute atomic E-state index is 13.4. The summed E-state index contributed by atoms with van der Waals surface area (Å²) in [5, 5.41) is 2.94. The third-order valence-electron chi connectivity index (χ3n) is 5.00. The molecule has 35 heavy (non-hydrogen) atoms. The lowest BCUT2D eigenvalue weighted by Crippen LogP contribution is -2.31. The lowest BCUT2D eigenvalue weighted by molar-refractivity contribution is 0.0468. The van der Waals surface area contributed by atoms with Gasteiger partial charge in [0, 0.05) is 10.9 Å². The van der Waals surface area contributed by atoms with E-state index in [4.69, 9.17) is 16.3 Å². The number of carbonyl (C=O) groups is 1. The summed E-state index contributed by atoms with van der Waals surface area (Å²) in [4.78, 5) is 17.1. The molecule has 0 fully saturated rings. The molecular weight excluding hydrogens is 504 g/mol. The van der Waals surface area contributed by atoms with E-state index in [1.165, 1.54) is 41.7 Å². The van der Waals surface area contributed by atoms with E-state index >= 15 is 0 Å². The van der Waals surface area contributed by atoms with Crippen molar-refractivity contribution >= 4 is 44.6 Å². The van der Waals surface area contributed by atoms with Crippen molar-refractivity contribution in [1.29, 1.82) is 0 Å². The van der Waals surface area contributed by atoms with E-state index in [-0.39, 0.29) is 28.6 Å². The Bertz CT molecular complexity index is 1450. The van der Waals surface area contributed by atoms with Gasteiger partial charge in [-0.15, -0.1) is 17.9 Å². The normalized spacial score (nSPS) is 11.1. The average molecular weight is 525 g/mol. The number of anilines is 1. The molecule has 6 nitrogen and oxygen atoms in total. The minimum Gasteiger partial charge on any atom is -0.456 e. The zero-order valence-electron chi connectivity index (χ0n) is 18.5. The summed E-state index contributed by atoms with van der Waals surface area (Å²) in [6.45, 7) is 3.64. The molecule has 0 aliphatic carbocycles. The second-order valence-corrected chi connectivity index (χ2v) is 10.5. The number of esters is 1. The van der Waals surface area contributed by atoms with Crippen molar-refractivity contribution in [2.75, 3.05) is 10.8 Å². The Morgan fingerprint density at radius 3 is 2.54 bits per heavy atom. The van der Waals surface area contributed by atoms with Gasteiger partial charge in [0.1, 0.15) is 11.6 Å². The van der Waals surface area contributed by atoms with Crippen LogP contribution >= 0.6 is 22.9 Å². The van der Waals surface area contributed by atoms with E-state index in [2.05, 4.69) is 11.6 Å². The number of carbonyl (C=O) groups excluding carboxylic acids is 1. The molecule has 0 amide bonds. The van der Waals surface area contributed by atoms with Crippen molar-refractivity contribution in [3.8, 4) is 10.6 Å². The summed E-state index contributed by atoms with van der Waals surface area (Å²) < 4.78 is 33.4. The topological polar surface area (TPSA) is 76.6 Å². The largest absolute Gasteiger partial charge is 0.456 e. The molecule has 4 rings (SSSR count). The molecule has 0 spiro atoms. The second-order valence-electron chi connectivity index (χ2n) is 7.39. The molecular formula is C26H21ClN2O4S2.